The molecule has 1 atom stereocenters. The van der Waals surface area contributed by atoms with Crippen molar-refractivity contribution in [3.05, 3.63) is 59.1 Å². The van der Waals surface area contributed by atoms with E-state index in [2.05, 4.69) is 24.4 Å². The maximum atomic E-state index is 11.0. The van der Waals surface area contributed by atoms with Crippen LogP contribution in [-0.4, -0.2) is 5.91 Å². The van der Waals surface area contributed by atoms with Crippen LogP contribution >= 0.6 is 23.4 Å². The van der Waals surface area contributed by atoms with Crippen molar-refractivity contribution < 1.29 is 4.79 Å². The van der Waals surface area contributed by atoms with Gasteiger partial charge < -0.3 is 5.32 Å². The molecular formula is C17H18ClNOS. The van der Waals surface area contributed by atoms with E-state index in [-0.39, 0.29) is 5.91 Å². The number of carbonyl (C=O) groups is 1. The molecule has 0 spiro atoms. The second-order valence-electron chi connectivity index (χ2n) is 4.77. The lowest BCUT2D eigenvalue weighted by Gasteiger charge is -2.15. The highest BCUT2D eigenvalue weighted by Crippen LogP contribution is 2.38. The van der Waals surface area contributed by atoms with Gasteiger partial charge in [0.25, 0.3) is 0 Å². The van der Waals surface area contributed by atoms with E-state index in [1.807, 2.05) is 48.2 Å². The predicted octanol–water partition coefficient (Wildman–Crippen LogP) is 5.54. The van der Waals surface area contributed by atoms with Crippen molar-refractivity contribution in [3.8, 4) is 0 Å². The zero-order valence-corrected chi connectivity index (χ0v) is 13.7. The van der Waals surface area contributed by atoms with E-state index in [9.17, 15) is 4.79 Å². The first-order valence-electron chi connectivity index (χ1n) is 6.88. The van der Waals surface area contributed by atoms with E-state index in [0.29, 0.717) is 5.25 Å². The van der Waals surface area contributed by atoms with Gasteiger partial charge in [0.05, 0.1) is 0 Å². The van der Waals surface area contributed by atoms with Crippen LogP contribution in [0, 0.1) is 0 Å². The molecule has 1 N–H and O–H groups in total. The van der Waals surface area contributed by atoms with Gasteiger partial charge in [0.2, 0.25) is 5.91 Å². The minimum absolute atomic E-state index is 0.0528. The number of amides is 1. The topological polar surface area (TPSA) is 29.1 Å². The maximum Gasteiger partial charge on any atom is 0.221 e. The number of hydrogen-bond acceptors (Lipinski definition) is 2. The second kappa shape index (κ2) is 7.53. The highest BCUT2D eigenvalue weighted by atomic mass is 35.5. The van der Waals surface area contributed by atoms with Crippen LogP contribution < -0.4 is 5.32 Å². The van der Waals surface area contributed by atoms with Crippen LogP contribution in [0.4, 0.5) is 5.69 Å². The van der Waals surface area contributed by atoms with Crippen molar-refractivity contribution >= 4 is 35.0 Å². The van der Waals surface area contributed by atoms with E-state index >= 15 is 0 Å². The van der Waals surface area contributed by atoms with E-state index in [0.717, 1.165) is 17.1 Å². The van der Waals surface area contributed by atoms with Gasteiger partial charge in [-0.3, -0.25) is 4.79 Å². The Balaban J connectivity index is 2.07. The molecule has 0 aliphatic carbocycles. The molecule has 2 aromatic carbocycles. The number of rotatable bonds is 5. The van der Waals surface area contributed by atoms with Crippen LogP contribution in [0.1, 0.15) is 31.1 Å². The van der Waals surface area contributed by atoms with Crippen LogP contribution in [-0.2, 0) is 4.79 Å². The molecule has 0 heterocycles. The van der Waals surface area contributed by atoms with Crippen molar-refractivity contribution in [3.63, 3.8) is 0 Å². The predicted molar refractivity (Wildman–Crippen MR) is 91.1 cm³/mol. The Labute approximate surface area is 134 Å². The monoisotopic (exact) mass is 319 g/mol. The molecule has 21 heavy (non-hydrogen) atoms. The molecule has 1 unspecified atom stereocenters. The molecule has 2 aromatic rings. The summed E-state index contributed by atoms with van der Waals surface area (Å²) in [6.45, 7) is 3.69. The first-order chi connectivity index (χ1) is 10.1. The molecule has 110 valence electrons. The first kappa shape index (κ1) is 15.9. The lowest BCUT2D eigenvalue weighted by atomic mass is 10.1. The summed E-state index contributed by atoms with van der Waals surface area (Å²) < 4.78 is 0. The van der Waals surface area contributed by atoms with Gasteiger partial charge >= 0.3 is 0 Å². The molecule has 2 rings (SSSR count). The normalized spacial score (nSPS) is 12.0. The fraction of sp³-hybridized carbons (Fsp3) is 0.235. The largest absolute Gasteiger partial charge is 0.326 e. The number of nitrogens with one attached hydrogen (secondary N) is 1. The molecule has 0 aromatic heterocycles. The highest BCUT2D eigenvalue weighted by Gasteiger charge is 2.11. The summed E-state index contributed by atoms with van der Waals surface area (Å²) in [5.74, 6) is -0.0528. The standard InChI is InChI=1S/C17H18ClNOS/c1-3-17(13-4-6-14(18)7-5-13)21-16-10-8-15(9-11-16)19-12(2)20/h4-11,17H,3H2,1-2H3,(H,19,20). The summed E-state index contributed by atoms with van der Waals surface area (Å²) >= 11 is 7.76. The molecular weight excluding hydrogens is 302 g/mol. The van der Waals surface area contributed by atoms with Gasteiger partial charge in [0.15, 0.2) is 0 Å². The minimum Gasteiger partial charge on any atom is -0.326 e. The van der Waals surface area contributed by atoms with E-state index in [4.69, 9.17) is 11.6 Å². The number of halogens is 1. The number of thioether (sulfide) groups is 1. The number of carbonyl (C=O) groups excluding carboxylic acids is 1. The summed E-state index contributed by atoms with van der Waals surface area (Å²) in [6, 6.07) is 15.9. The molecule has 0 aliphatic heterocycles. The lowest BCUT2D eigenvalue weighted by Crippen LogP contribution is -2.05. The van der Waals surface area contributed by atoms with Gasteiger partial charge in [-0.1, -0.05) is 30.7 Å². The zero-order valence-electron chi connectivity index (χ0n) is 12.1. The quantitative estimate of drug-likeness (QED) is 0.733. The Morgan fingerprint density at radius 3 is 2.29 bits per heavy atom. The summed E-state index contributed by atoms with van der Waals surface area (Å²) in [7, 11) is 0. The summed E-state index contributed by atoms with van der Waals surface area (Å²) in [5, 5.41) is 3.93. The summed E-state index contributed by atoms with van der Waals surface area (Å²) in [6.07, 6.45) is 1.04. The van der Waals surface area contributed by atoms with Crippen LogP contribution in [0.15, 0.2) is 53.4 Å². The Hall–Kier alpha value is -1.45. The van der Waals surface area contributed by atoms with Crippen LogP contribution in [0.25, 0.3) is 0 Å². The summed E-state index contributed by atoms with van der Waals surface area (Å²) in [4.78, 5) is 12.2. The third-order valence-electron chi connectivity index (χ3n) is 3.07. The van der Waals surface area contributed by atoms with E-state index < -0.39 is 0 Å². The number of benzene rings is 2. The van der Waals surface area contributed by atoms with Gasteiger partial charge in [-0.2, -0.15) is 0 Å². The van der Waals surface area contributed by atoms with Crippen LogP contribution in [0.5, 0.6) is 0 Å². The van der Waals surface area contributed by atoms with Crippen LogP contribution in [0.3, 0.4) is 0 Å². The molecule has 0 saturated heterocycles. The van der Waals surface area contributed by atoms with Gasteiger partial charge in [0.1, 0.15) is 0 Å². The van der Waals surface area contributed by atoms with Gasteiger partial charge in [-0.15, -0.1) is 11.8 Å². The van der Waals surface area contributed by atoms with Gasteiger partial charge in [0, 0.05) is 27.8 Å². The van der Waals surface area contributed by atoms with E-state index in [1.165, 1.54) is 17.4 Å². The fourth-order valence-corrected chi connectivity index (χ4v) is 3.26. The number of anilines is 1. The third kappa shape index (κ3) is 4.80. The van der Waals surface area contributed by atoms with Crippen molar-refractivity contribution in [1.29, 1.82) is 0 Å². The van der Waals surface area contributed by atoms with Crippen molar-refractivity contribution in [2.24, 2.45) is 0 Å². The van der Waals surface area contributed by atoms with Gasteiger partial charge in [-0.25, -0.2) is 0 Å². The van der Waals surface area contributed by atoms with E-state index in [1.54, 1.807) is 0 Å². The third-order valence-corrected chi connectivity index (χ3v) is 4.75. The zero-order chi connectivity index (χ0) is 15.2. The molecule has 0 fully saturated rings. The SMILES string of the molecule is CCC(Sc1ccc(NC(C)=O)cc1)c1ccc(Cl)cc1. The first-order valence-corrected chi connectivity index (χ1v) is 8.14. The maximum absolute atomic E-state index is 11.0. The lowest BCUT2D eigenvalue weighted by molar-refractivity contribution is -0.114. The van der Waals surface area contributed by atoms with Crippen molar-refractivity contribution in [2.75, 3.05) is 5.32 Å². The molecule has 2 nitrogen and oxygen atoms in total. The molecule has 0 radical (unpaired) electrons. The molecule has 0 saturated carbocycles. The van der Waals surface area contributed by atoms with Crippen molar-refractivity contribution in [2.45, 2.75) is 30.4 Å². The Kier molecular flexibility index (Phi) is 5.71. The second-order valence-corrected chi connectivity index (χ2v) is 6.48. The Morgan fingerprint density at radius 1 is 1.14 bits per heavy atom. The smallest absolute Gasteiger partial charge is 0.221 e. The van der Waals surface area contributed by atoms with Crippen LogP contribution in [0.2, 0.25) is 5.02 Å². The minimum atomic E-state index is -0.0528. The molecule has 0 aliphatic rings. The average Bonchev–Trinajstić information content (AvgIpc) is 2.47. The molecule has 4 heteroatoms. The highest BCUT2D eigenvalue weighted by molar-refractivity contribution is 7.99. The van der Waals surface area contributed by atoms with Gasteiger partial charge in [-0.05, 0) is 48.4 Å². The number of hydrogen-bond donors (Lipinski definition) is 1. The molecule has 0 bridgehead atoms. The van der Waals surface area contributed by atoms with Crippen molar-refractivity contribution in [1.82, 2.24) is 0 Å². The molecule has 1 amide bonds. The summed E-state index contributed by atoms with van der Waals surface area (Å²) in [5.41, 5.74) is 2.10. The average molecular weight is 320 g/mol. The Morgan fingerprint density at radius 2 is 1.76 bits per heavy atom. The Bertz CT molecular complexity index is 595. The fourth-order valence-electron chi connectivity index (χ4n) is 2.05.